The fourth-order valence-corrected chi connectivity index (χ4v) is 2.92. The zero-order valence-electron chi connectivity index (χ0n) is 9.89. The molecule has 0 saturated carbocycles. The number of ether oxygens (including phenoxy) is 1. The average molecular weight is 325 g/mol. The summed E-state index contributed by atoms with van der Waals surface area (Å²) in [5.41, 5.74) is 7.76. The van der Waals surface area contributed by atoms with E-state index in [0.717, 1.165) is 26.7 Å². The lowest BCUT2D eigenvalue weighted by Crippen LogP contribution is -1.92. The number of halogens is 1. The molecule has 0 atom stereocenters. The predicted octanol–water partition coefficient (Wildman–Crippen LogP) is 3.73. The summed E-state index contributed by atoms with van der Waals surface area (Å²) in [6.07, 6.45) is 1.75. The highest BCUT2D eigenvalue weighted by atomic mass is 79.9. The Morgan fingerprint density at radius 3 is 2.89 bits per heavy atom. The maximum Gasteiger partial charge on any atom is 0.133 e. The van der Waals surface area contributed by atoms with Crippen LogP contribution in [-0.4, -0.2) is 12.1 Å². The summed E-state index contributed by atoms with van der Waals surface area (Å²) in [5, 5.41) is 0.865. The van der Waals surface area contributed by atoms with E-state index in [9.17, 15) is 0 Å². The number of methoxy groups -OCH3 is 1. The smallest absolute Gasteiger partial charge is 0.133 e. The van der Waals surface area contributed by atoms with Crippen molar-refractivity contribution in [1.29, 1.82) is 0 Å². The van der Waals surface area contributed by atoms with Gasteiger partial charge in [0.25, 0.3) is 0 Å². The number of pyridine rings is 1. The molecule has 0 bridgehead atoms. The molecule has 0 amide bonds. The molecule has 1 aromatic carbocycles. The lowest BCUT2D eigenvalue weighted by Gasteiger charge is -2.07. The second kappa shape index (κ2) is 6.11. The van der Waals surface area contributed by atoms with Gasteiger partial charge in [-0.2, -0.15) is 0 Å². The number of nitrogens with two attached hydrogens (primary N) is 1. The Kier molecular flexibility index (Phi) is 4.49. The molecule has 0 spiro atoms. The van der Waals surface area contributed by atoms with Crippen molar-refractivity contribution >= 4 is 33.4 Å². The van der Waals surface area contributed by atoms with E-state index in [1.807, 2.05) is 30.3 Å². The summed E-state index contributed by atoms with van der Waals surface area (Å²) in [5.74, 6) is 1.66. The van der Waals surface area contributed by atoms with E-state index in [0.29, 0.717) is 0 Å². The van der Waals surface area contributed by atoms with Gasteiger partial charge in [0.1, 0.15) is 10.8 Å². The lowest BCUT2D eigenvalue weighted by atomic mass is 10.2. The van der Waals surface area contributed by atoms with Crippen LogP contribution in [0.5, 0.6) is 5.75 Å². The Hall–Kier alpha value is -1.20. The largest absolute Gasteiger partial charge is 0.496 e. The molecule has 2 rings (SSSR count). The minimum Gasteiger partial charge on any atom is -0.496 e. The molecule has 3 nitrogen and oxygen atoms in total. The van der Waals surface area contributed by atoms with Crippen LogP contribution < -0.4 is 10.5 Å². The van der Waals surface area contributed by atoms with Gasteiger partial charge in [-0.25, -0.2) is 4.98 Å². The zero-order chi connectivity index (χ0) is 13.0. The van der Waals surface area contributed by atoms with E-state index in [1.54, 1.807) is 25.1 Å². The minimum absolute atomic E-state index is 0.718. The molecule has 0 saturated heterocycles. The highest BCUT2D eigenvalue weighted by molar-refractivity contribution is 9.10. The van der Waals surface area contributed by atoms with Crippen LogP contribution in [0.15, 0.2) is 46.0 Å². The summed E-state index contributed by atoms with van der Waals surface area (Å²) < 4.78 is 6.15. The van der Waals surface area contributed by atoms with Crippen LogP contribution in [0.25, 0.3) is 0 Å². The van der Waals surface area contributed by atoms with Gasteiger partial charge in [-0.15, -0.1) is 0 Å². The van der Waals surface area contributed by atoms with E-state index in [-0.39, 0.29) is 0 Å². The monoisotopic (exact) mass is 324 g/mol. The van der Waals surface area contributed by atoms with E-state index >= 15 is 0 Å². The van der Waals surface area contributed by atoms with Crippen LogP contribution >= 0.6 is 27.7 Å². The van der Waals surface area contributed by atoms with Crippen LogP contribution in [-0.2, 0) is 5.75 Å². The molecular formula is C13H13BrN2OS. The van der Waals surface area contributed by atoms with Crippen LogP contribution in [0.2, 0.25) is 0 Å². The first-order valence-electron chi connectivity index (χ1n) is 5.36. The summed E-state index contributed by atoms with van der Waals surface area (Å²) in [6.45, 7) is 0. The van der Waals surface area contributed by atoms with Gasteiger partial charge in [0.15, 0.2) is 0 Å². The topological polar surface area (TPSA) is 48.1 Å². The van der Waals surface area contributed by atoms with Crippen molar-refractivity contribution in [3.8, 4) is 5.75 Å². The molecule has 0 aliphatic carbocycles. The van der Waals surface area contributed by atoms with Gasteiger partial charge in [0.05, 0.1) is 17.3 Å². The fourth-order valence-electron chi connectivity index (χ4n) is 1.48. The molecule has 0 unspecified atom stereocenters. The highest BCUT2D eigenvalue weighted by Crippen LogP contribution is 2.30. The summed E-state index contributed by atoms with van der Waals surface area (Å²) >= 11 is 5.10. The summed E-state index contributed by atoms with van der Waals surface area (Å²) in [4.78, 5) is 4.25. The molecular weight excluding hydrogens is 312 g/mol. The third-order valence-corrected chi connectivity index (χ3v) is 4.10. The van der Waals surface area contributed by atoms with Crippen LogP contribution in [0, 0.1) is 0 Å². The number of nitrogens with zero attached hydrogens (tertiary/aromatic N) is 1. The number of thioether (sulfide) groups is 1. The Bertz CT molecular complexity index is 548. The number of benzene rings is 1. The molecule has 0 radical (unpaired) electrons. The van der Waals surface area contributed by atoms with E-state index < -0.39 is 0 Å². The van der Waals surface area contributed by atoms with Crippen molar-refractivity contribution in [2.24, 2.45) is 0 Å². The molecule has 0 aliphatic heterocycles. The lowest BCUT2D eigenvalue weighted by molar-refractivity contribution is 0.412. The number of hydrogen-bond acceptors (Lipinski definition) is 4. The molecule has 0 fully saturated rings. The van der Waals surface area contributed by atoms with Gasteiger partial charge in [-0.3, -0.25) is 0 Å². The molecule has 2 aromatic rings. The van der Waals surface area contributed by atoms with Crippen molar-refractivity contribution in [3.05, 3.63) is 46.6 Å². The third-order valence-electron chi connectivity index (χ3n) is 2.39. The Morgan fingerprint density at radius 2 is 2.22 bits per heavy atom. The number of aromatic nitrogens is 1. The second-order valence-electron chi connectivity index (χ2n) is 3.66. The molecule has 94 valence electrons. The maximum absolute atomic E-state index is 5.85. The average Bonchev–Trinajstić information content (AvgIpc) is 2.38. The van der Waals surface area contributed by atoms with Gasteiger partial charge in [0.2, 0.25) is 0 Å². The Morgan fingerprint density at radius 1 is 1.39 bits per heavy atom. The predicted molar refractivity (Wildman–Crippen MR) is 78.9 cm³/mol. The van der Waals surface area contributed by atoms with Crippen molar-refractivity contribution in [2.45, 2.75) is 10.8 Å². The van der Waals surface area contributed by atoms with Crippen molar-refractivity contribution in [2.75, 3.05) is 12.8 Å². The minimum atomic E-state index is 0.718. The summed E-state index contributed by atoms with van der Waals surface area (Å²) in [7, 11) is 1.66. The SMILES string of the molecule is COc1ccc(CSc2ncccc2N)cc1Br. The maximum atomic E-state index is 5.85. The van der Waals surface area contributed by atoms with Gasteiger partial charge in [0, 0.05) is 11.9 Å². The van der Waals surface area contributed by atoms with Crippen LogP contribution in [0.3, 0.4) is 0 Å². The first kappa shape index (κ1) is 13.2. The van der Waals surface area contributed by atoms with Crippen LogP contribution in [0.4, 0.5) is 5.69 Å². The zero-order valence-corrected chi connectivity index (χ0v) is 12.3. The highest BCUT2D eigenvalue weighted by Gasteiger charge is 2.04. The fraction of sp³-hybridized carbons (Fsp3) is 0.154. The molecule has 5 heteroatoms. The number of hydrogen-bond donors (Lipinski definition) is 1. The quantitative estimate of drug-likeness (QED) is 0.870. The first-order valence-corrected chi connectivity index (χ1v) is 7.14. The molecule has 1 heterocycles. The standard InChI is InChI=1S/C13H13BrN2OS/c1-17-12-5-4-9(7-10(12)14)8-18-13-11(15)3-2-6-16-13/h2-7H,8,15H2,1H3. The van der Waals surface area contributed by atoms with Gasteiger partial charge in [-0.05, 0) is 45.8 Å². The number of nitrogen functional groups attached to an aromatic ring is 1. The third kappa shape index (κ3) is 3.17. The Labute approximate surface area is 119 Å². The molecule has 18 heavy (non-hydrogen) atoms. The molecule has 1 aromatic heterocycles. The second-order valence-corrected chi connectivity index (χ2v) is 5.47. The van der Waals surface area contributed by atoms with E-state index in [2.05, 4.69) is 20.9 Å². The number of anilines is 1. The van der Waals surface area contributed by atoms with E-state index in [1.165, 1.54) is 5.56 Å². The van der Waals surface area contributed by atoms with Gasteiger partial charge >= 0.3 is 0 Å². The van der Waals surface area contributed by atoms with Crippen molar-refractivity contribution in [1.82, 2.24) is 4.98 Å². The summed E-state index contributed by atoms with van der Waals surface area (Å²) in [6, 6.07) is 9.73. The molecule has 0 aliphatic rings. The first-order chi connectivity index (χ1) is 8.70. The Balaban J connectivity index is 2.07. The van der Waals surface area contributed by atoms with Gasteiger partial charge in [-0.1, -0.05) is 17.8 Å². The van der Waals surface area contributed by atoms with E-state index in [4.69, 9.17) is 10.5 Å². The normalized spacial score (nSPS) is 10.3. The van der Waals surface area contributed by atoms with Crippen molar-refractivity contribution in [3.63, 3.8) is 0 Å². The molecule has 2 N–H and O–H groups in total. The van der Waals surface area contributed by atoms with Crippen LogP contribution in [0.1, 0.15) is 5.56 Å². The van der Waals surface area contributed by atoms with Gasteiger partial charge < -0.3 is 10.5 Å². The number of rotatable bonds is 4. The van der Waals surface area contributed by atoms with Crippen molar-refractivity contribution < 1.29 is 4.74 Å².